The Morgan fingerprint density at radius 1 is 1.00 bits per heavy atom. The number of piperazine rings is 1. The van der Waals surface area contributed by atoms with Crippen LogP contribution in [-0.4, -0.2) is 42.9 Å². The molecular formula is C20H22FN3O2. The van der Waals surface area contributed by atoms with E-state index in [-0.39, 0.29) is 5.82 Å². The average molecular weight is 355 g/mol. The Morgan fingerprint density at radius 3 is 2.31 bits per heavy atom. The smallest absolute Gasteiger partial charge is 0.312 e. The van der Waals surface area contributed by atoms with Crippen molar-refractivity contribution in [2.24, 2.45) is 0 Å². The van der Waals surface area contributed by atoms with Gasteiger partial charge in [-0.3, -0.25) is 9.59 Å². The van der Waals surface area contributed by atoms with Gasteiger partial charge < -0.3 is 15.1 Å². The lowest BCUT2D eigenvalue weighted by molar-refractivity contribution is -0.146. The number of rotatable bonds is 3. The summed E-state index contributed by atoms with van der Waals surface area (Å²) in [5.41, 5.74) is 2.62. The molecule has 0 bridgehead atoms. The number of nitrogens with one attached hydrogen (secondary N) is 1. The van der Waals surface area contributed by atoms with Gasteiger partial charge in [0, 0.05) is 32.7 Å². The van der Waals surface area contributed by atoms with Crippen LogP contribution in [0.4, 0.5) is 10.1 Å². The lowest BCUT2D eigenvalue weighted by Gasteiger charge is -2.35. The first kappa shape index (κ1) is 17.9. The molecule has 1 heterocycles. The van der Waals surface area contributed by atoms with Gasteiger partial charge in [0.1, 0.15) is 5.82 Å². The van der Waals surface area contributed by atoms with E-state index in [0.717, 1.165) is 11.1 Å². The molecular weight excluding hydrogens is 333 g/mol. The lowest BCUT2D eigenvalue weighted by atomic mass is 10.1. The predicted octanol–water partition coefficient (Wildman–Crippen LogP) is 2.10. The third-order valence-electron chi connectivity index (χ3n) is 4.53. The van der Waals surface area contributed by atoms with Crippen LogP contribution in [0.5, 0.6) is 0 Å². The Balaban J connectivity index is 1.50. The SMILES string of the molecule is Cc1ccc(CNC(=O)C(=O)N2CCN(c3ccccc3F)CC2)cc1. The third kappa shape index (κ3) is 4.20. The Kier molecular flexibility index (Phi) is 5.51. The van der Waals surface area contributed by atoms with Gasteiger partial charge in [-0.15, -0.1) is 0 Å². The minimum atomic E-state index is -0.607. The highest BCUT2D eigenvalue weighted by molar-refractivity contribution is 6.35. The van der Waals surface area contributed by atoms with Crippen molar-refractivity contribution in [3.05, 3.63) is 65.5 Å². The van der Waals surface area contributed by atoms with Crippen LogP contribution in [0.1, 0.15) is 11.1 Å². The van der Waals surface area contributed by atoms with E-state index in [1.165, 1.54) is 11.0 Å². The average Bonchev–Trinajstić information content (AvgIpc) is 2.67. The molecule has 1 aliphatic heterocycles. The van der Waals surface area contributed by atoms with Crippen LogP contribution < -0.4 is 10.2 Å². The Bertz CT molecular complexity index is 784. The van der Waals surface area contributed by atoms with Gasteiger partial charge in [-0.25, -0.2) is 4.39 Å². The first-order chi connectivity index (χ1) is 12.5. The van der Waals surface area contributed by atoms with Gasteiger partial charge >= 0.3 is 11.8 Å². The second-order valence-electron chi connectivity index (χ2n) is 6.40. The topological polar surface area (TPSA) is 52.7 Å². The van der Waals surface area contributed by atoms with Crippen molar-refractivity contribution in [3.63, 3.8) is 0 Å². The highest BCUT2D eigenvalue weighted by Gasteiger charge is 2.26. The summed E-state index contributed by atoms with van der Waals surface area (Å²) in [5, 5.41) is 2.66. The number of nitrogens with zero attached hydrogens (tertiary/aromatic N) is 2. The molecule has 1 saturated heterocycles. The Hall–Kier alpha value is -2.89. The number of anilines is 1. The normalized spacial score (nSPS) is 14.2. The van der Waals surface area contributed by atoms with Gasteiger partial charge in [0.15, 0.2) is 0 Å². The molecule has 0 aromatic heterocycles. The molecule has 0 aliphatic carbocycles. The van der Waals surface area contributed by atoms with Crippen LogP contribution in [-0.2, 0) is 16.1 Å². The van der Waals surface area contributed by atoms with E-state index in [9.17, 15) is 14.0 Å². The number of benzene rings is 2. The van der Waals surface area contributed by atoms with E-state index in [0.29, 0.717) is 38.4 Å². The van der Waals surface area contributed by atoms with E-state index < -0.39 is 11.8 Å². The van der Waals surface area contributed by atoms with Crippen LogP contribution in [0, 0.1) is 12.7 Å². The molecule has 26 heavy (non-hydrogen) atoms. The van der Waals surface area contributed by atoms with Crippen LogP contribution in [0.2, 0.25) is 0 Å². The van der Waals surface area contributed by atoms with Crippen molar-refractivity contribution < 1.29 is 14.0 Å². The first-order valence-corrected chi connectivity index (χ1v) is 8.67. The largest absolute Gasteiger partial charge is 0.366 e. The van der Waals surface area contributed by atoms with Crippen molar-refractivity contribution in [1.29, 1.82) is 0 Å². The van der Waals surface area contributed by atoms with Crippen molar-refractivity contribution in [2.75, 3.05) is 31.1 Å². The molecule has 3 rings (SSSR count). The molecule has 0 saturated carbocycles. The number of hydrogen-bond acceptors (Lipinski definition) is 3. The maximum Gasteiger partial charge on any atom is 0.312 e. The quantitative estimate of drug-likeness (QED) is 0.858. The van der Waals surface area contributed by atoms with Gasteiger partial charge in [0.25, 0.3) is 0 Å². The molecule has 0 unspecified atom stereocenters. The Labute approximate surface area is 152 Å². The van der Waals surface area contributed by atoms with E-state index in [1.807, 2.05) is 36.1 Å². The van der Waals surface area contributed by atoms with Crippen LogP contribution >= 0.6 is 0 Å². The van der Waals surface area contributed by atoms with E-state index in [1.54, 1.807) is 18.2 Å². The summed E-state index contributed by atoms with van der Waals surface area (Å²) >= 11 is 0. The number of amides is 2. The summed E-state index contributed by atoms with van der Waals surface area (Å²) in [4.78, 5) is 27.8. The molecule has 5 nitrogen and oxygen atoms in total. The molecule has 0 atom stereocenters. The number of aryl methyl sites for hydroxylation is 1. The second kappa shape index (κ2) is 7.99. The second-order valence-corrected chi connectivity index (χ2v) is 6.40. The summed E-state index contributed by atoms with van der Waals surface area (Å²) in [6, 6.07) is 14.4. The molecule has 2 aromatic rings. The summed E-state index contributed by atoms with van der Waals surface area (Å²) in [5.74, 6) is -1.42. The standard InChI is InChI=1S/C20H22FN3O2/c1-15-6-8-16(9-7-15)14-22-19(25)20(26)24-12-10-23(11-13-24)18-5-3-2-4-17(18)21/h2-9H,10-14H2,1H3,(H,22,25). The van der Waals surface area contributed by atoms with Gasteiger partial charge in [0.2, 0.25) is 0 Å². The monoisotopic (exact) mass is 355 g/mol. The highest BCUT2D eigenvalue weighted by atomic mass is 19.1. The minimum absolute atomic E-state index is 0.275. The fourth-order valence-electron chi connectivity index (χ4n) is 2.97. The number of halogens is 1. The first-order valence-electron chi connectivity index (χ1n) is 8.67. The summed E-state index contributed by atoms with van der Waals surface area (Å²) in [7, 11) is 0. The summed E-state index contributed by atoms with van der Waals surface area (Å²) in [6.07, 6.45) is 0. The van der Waals surface area contributed by atoms with Crippen LogP contribution in [0.25, 0.3) is 0 Å². The van der Waals surface area contributed by atoms with Crippen molar-refractivity contribution in [3.8, 4) is 0 Å². The summed E-state index contributed by atoms with van der Waals surface area (Å²) in [6.45, 7) is 4.10. The predicted molar refractivity (Wildman–Crippen MR) is 98.2 cm³/mol. The van der Waals surface area contributed by atoms with E-state index in [4.69, 9.17) is 0 Å². The maximum atomic E-state index is 13.9. The van der Waals surface area contributed by atoms with Crippen molar-refractivity contribution in [1.82, 2.24) is 10.2 Å². The van der Waals surface area contributed by atoms with Crippen molar-refractivity contribution >= 4 is 17.5 Å². The molecule has 2 amide bonds. The maximum absolute atomic E-state index is 13.9. The third-order valence-corrected chi connectivity index (χ3v) is 4.53. The molecule has 1 N–H and O–H groups in total. The van der Waals surface area contributed by atoms with Crippen molar-refractivity contribution in [2.45, 2.75) is 13.5 Å². The molecule has 0 radical (unpaired) electrons. The minimum Gasteiger partial charge on any atom is -0.366 e. The Morgan fingerprint density at radius 2 is 1.65 bits per heavy atom. The number of carbonyl (C=O) groups is 2. The number of para-hydroxylation sites is 1. The van der Waals surface area contributed by atoms with Crippen LogP contribution in [0.15, 0.2) is 48.5 Å². The van der Waals surface area contributed by atoms with E-state index in [2.05, 4.69) is 5.32 Å². The van der Waals surface area contributed by atoms with Gasteiger partial charge in [-0.2, -0.15) is 0 Å². The fraction of sp³-hybridized carbons (Fsp3) is 0.300. The molecule has 2 aromatic carbocycles. The van der Waals surface area contributed by atoms with Crippen LogP contribution in [0.3, 0.4) is 0 Å². The van der Waals surface area contributed by atoms with Gasteiger partial charge in [-0.05, 0) is 24.6 Å². The molecule has 0 spiro atoms. The summed E-state index contributed by atoms with van der Waals surface area (Å²) < 4.78 is 13.9. The van der Waals surface area contributed by atoms with Gasteiger partial charge in [-0.1, -0.05) is 42.0 Å². The molecule has 1 fully saturated rings. The zero-order chi connectivity index (χ0) is 18.5. The number of carbonyl (C=O) groups excluding carboxylic acids is 2. The van der Waals surface area contributed by atoms with Gasteiger partial charge in [0.05, 0.1) is 5.69 Å². The lowest BCUT2D eigenvalue weighted by Crippen LogP contribution is -2.52. The highest BCUT2D eigenvalue weighted by Crippen LogP contribution is 2.20. The zero-order valence-electron chi connectivity index (χ0n) is 14.7. The zero-order valence-corrected chi connectivity index (χ0v) is 14.7. The van der Waals surface area contributed by atoms with E-state index >= 15 is 0 Å². The number of hydrogen-bond donors (Lipinski definition) is 1. The molecule has 1 aliphatic rings. The molecule has 136 valence electrons. The molecule has 6 heteroatoms. The fourth-order valence-corrected chi connectivity index (χ4v) is 2.97.